The van der Waals surface area contributed by atoms with Gasteiger partial charge in [-0.15, -0.1) is 0 Å². The third-order valence-electron chi connectivity index (χ3n) is 2.03. The first-order valence-electron chi connectivity index (χ1n) is 4.44. The maximum atomic E-state index is 11.1. The molecule has 0 fully saturated rings. The van der Waals surface area contributed by atoms with E-state index in [2.05, 4.69) is 6.58 Å². The highest BCUT2D eigenvalue weighted by molar-refractivity contribution is 5.87. The molecule has 1 unspecified atom stereocenters. The molecule has 0 saturated heterocycles. The Balaban J connectivity index is 4.45. The highest BCUT2D eigenvalue weighted by Crippen LogP contribution is 2.23. The van der Waals surface area contributed by atoms with E-state index in [9.17, 15) is 9.90 Å². The normalized spacial score (nSPS) is 15.2. The Morgan fingerprint density at radius 3 is 2.31 bits per heavy atom. The summed E-state index contributed by atoms with van der Waals surface area (Å²) in [5.41, 5.74) is 0.299. The molecule has 3 nitrogen and oxygen atoms in total. The van der Waals surface area contributed by atoms with Crippen LogP contribution in [0.2, 0.25) is 0 Å². The van der Waals surface area contributed by atoms with E-state index < -0.39 is 11.8 Å². The highest BCUT2D eigenvalue weighted by atomic mass is 16.7. The molecule has 1 N–H and O–H groups in total. The van der Waals surface area contributed by atoms with E-state index in [4.69, 9.17) is 4.74 Å². The van der Waals surface area contributed by atoms with Crippen LogP contribution in [0.4, 0.5) is 0 Å². The number of rotatable bonds is 4. The first-order chi connectivity index (χ1) is 5.83. The Bertz CT molecular complexity index is 208. The second-order valence-electron chi connectivity index (χ2n) is 3.52. The summed E-state index contributed by atoms with van der Waals surface area (Å²) < 4.78 is 4.93. The maximum absolute atomic E-state index is 11.1. The van der Waals surface area contributed by atoms with E-state index in [1.54, 1.807) is 27.7 Å². The first-order valence-corrected chi connectivity index (χ1v) is 4.44. The quantitative estimate of drug-likeness (QED) is 0.414. The molecule has 13 heavy (non-hydrogen) atoms. The summed E-state index contributed by atoms with van der Waals surface area (Å²) >= 11 is 0. The Morgan fingerprint density at radius 1 is 1.62 bits per heavy atom. The topological polar surface area (TPSA) is 46.5 Å². The smallest absolute Gasteiger partial charge is 0.335 e. The minimum atomic E-state index is -1.37. The van der Waals surface area contributed by atoms with Crippen molar-refractivity contribution >= 4 is 5.97 Å². The van der Waals surface area contributed by atoms with Crippen molar-refractivity contribution in [3.05, 3.63) is 12.2 Å². The zero-order chi connectivity index (χ0) is 10.6. The first kappa shape index (κ1) is 12.2. The molecule has 0 radical (unpaired) electrons. The SMILES string of the molecule is C=C(C)C(=O)OC(O)(CC)C(C)C. The fourth-order valence-corrected chi connectivity index (χ4v) is 0.846. The number of hydrogen-bond acceptors (Lipinski definition) is 3. The summed E-state index contributed by atoms with van der Waals surface area (Å²) in [6.45, 7) is 10.4. The molecule has 0 spiro atoms. The summed E-state index contributed by atoms with van der Waals surface area (Å²) in [6.07, 6.45) is 0.379. The summed E-state index contributed by atoms with van der Waals surface area (Å²) in [7, 11) is 0. The van der Waals surface area contributed by atoms with Gasteiger partial charge in [0.25, 0.3) is 0 Å². The van der Waals surface area contributed by atoms with Gasteiger partial charge in [0.15, 0.2) is 0 Å². The Labute approximate surface area is 79.4 Å². The standard InChI is InChI=1S/C10H18O3/c1-6-10(12,8(4)5)13-9(11)7(2)3/h8,12H,2,6H2,1,3-5H3. The van der Waals surface area contributed by atoms with Gasteiger partial charge >= 0.3 is 5.97 Å². The Kier molecular flexibility index (Phi) is 4.14. The predicted molar refractivity (Wildman–Crippen MR) is 51.0 cm³/mol. The molecule has 0 rings (SSSR count). The molecule has 0 aromatic carbocycles. The van der Waals surface area contributed by atoms with E-state index in [0.29, 0.717) is 12.0 Å². The highest BCUT2D eigenvalue weighted by Gasteiger charge is 2.33. The van der Waals surface area contributed by atoms with Gasteiger partial charge in [0.2, 0.25) is 5.79 Å². The molecule has 0 bridgehead atoms. The number of carbonyl (C=O) groups excluding carboxylic acids is 1. The number of aliphatic hydroxyl groups is 1. The van der Waals surface area contributed by atoms with Crippen LogP contribution in [0, 0.1) is 5.92 Å². The molecule has 3 heteroatoms. The minimum Gasteiger partial charge on any atom is -0.430 e. The van der Waals surface area contributed by atoms with Crippen LogP contribution < -0.4 is 0 Å². The summed E-state index contributed by atoms with van der Waals surface area (Å²) in [5, 5.41) is 9.83. The summed E-state index contributed by atoms with van der Waals surface area (Å²) in [5.74, 6) is -2.03. The van der Waals surface area contributed by atoms with Crippen molar-refractivity contribution in [2.75, 3.05) is 0 Å². The van der Waals surface area contributed by atoms with Crippen LogP contribution in [-0.4, -0.2) is 16.9 Å². The van der Waals surface area contributed by atoms with E-state index in [1.165, 1.54) is 0 Å². The van der Waals surface area contributed by atoms with Crippen LogP contribution in [0.15, 0.2) is 12.2 Å². The van der Waals surface area contributed by atoms with Gasteiger partial charge in [-0.05, 0) is 6.92 Å². The number of ether oxygens (including phenoxy) is 1. The van der Waals surface area contributed by atoms with Gasteiger partial charge in [0, 0.05) is 17.9 Å². The van der Waals surface area contributed by atoms with E-state index in [1.807, 2.05) is 0 Å². The average molecular weight is 186 g/mol. The molecule has 0 aliphatic heterocycles. The van der Waals surface area contributed by atoms with Crippen LogP contribution in [0.3, 0.4) is 0 Å². The minimum absolute atomic E-state index is 0.124. The van der Waals surface area contributed by atoms with E-state index in [-0.39, 0.29) is 5.92 Å². The molecule has 0 aliphatic rings. The lowest BCUT2D eigenvalue weighted by atomic mass is 10.0. The molecule has 76 valence electrons. The lowest BCUT2D eigenvalue weighted by Crippen LogP contribution is -2.39. The lowest BCUT2D eigenvalue weighted by molar-refractivity contribution is -0.224. The molecule has 0 heterocycles. The monoisotopic (exact) mass is 186 g/mol. The molecule has 0 aliphatic carbocycles. The molecular formula is C10H18O3. The van der Waals surface area contributed by atoms with Crippen molar-refractivity contribution in [1.29, 1.82) is 0 Å². The van der Waals surface area contributed by atoms with Crippen LogP contribution in [0.1, 0.15) is 34.1 Å². The van der Waals surface area contributed by atoms with Gasteiger partial charge in [-0.25, -0.2) is 4.79 Å². The van der Waals surface area contributed by atoms with Crippen molar-refractivity contribution in [3.63, 3.8) is 0 Å². The van der Waals surface area contributed by atoms with Crippen molar-refractivity contribution in [1.82, 2.24) is 0 Å². The fraction of sp³-hybridized carbons (Fsp3) is 0.700. The summed E-state index contributed by atoms with van der Waals surface area (Å²) in [6, 6.07) is 0. The second kappa shape index (κ2) is 4.42. The van der Waals surface area contributed by atoms with Crippen molar-refractivity contribution < 1.29 is 14.6 Å². The zero-order valence-corrected chi connectivity index (χ0v) is 8.76. The van der Waals surface area contributed by atoms with Crippen LogP contribution >= 0.6 is 0 Å². The molecule has 0 aromatic heterocycles. The van der Waals surface area contributed by atoms with E-state index in [0.717, 1.165) is 0 Å². The molecular weight excluding hydrogens is 168 g/mol. The van der Waals surface area contributed by atoms with Gasteiger partial charge in [-0.1, -0.05) is 27.4 Å². The molecule has 0 saturated carbocycles. The molecule has 1 atom stereocenters. The maximum Gasteiger partial charge on any atom is 0.335 e. The number of carbonyl (C=O) groups is 1. The van der Waals surface area contributed by atoms with Crippen molar-refractivity contribution in [3.8, 4) is 0 Å². The van der Waals surface area contributed by atoms with Crippen LogP contribution in [0.25, 0.3) is 0 Å². The number of esters is 1. The van der Waals surface area contributed by atoms with Gasteiger partial charge < -0.3 is 9.84 Å². The zero-order valence-electron chi connectivity index (χ0n) is 8.76. The fourth-order valence-electron chi connectivity index (χ4n) is 0.846. The largest absolute Gasteiger partial charge is 0.430 e. The van der Waals surface area contributed by atoms with Crippen LogP contribution in [0.5, 0.6) is 0 Å². The van der Waals surface area contributed by atoms with Crippen molar-refractivity contribution in [2.24, 2.45) is 5.92 Å². The third kappa shape index (κ3) is 3.19. The second-order valence-corrected chi connectivity index (χ2v) is 3.52. The lowest BCUT2D eigenvalue weighted by Gasteiger charge is -2.30. The van der Waals surface area contributed by atoms with Gasteiger partial charge in [0.1, 0.15) is 0 Å². The average Bonchev–Trinajstić information content (AvgIpc) is 2.03. The van der Waals surface area contributed by atoms with Gasteiger partial charge in [-0.2, -0.15) is 0 Å². The number of hydrogen-bond donors (Lipinski definition) is 1. The Morgan fingerprint density at radius 2 is 2.08 bits per heavy atom. The molecule has 0 aromatic rings. The van der Waals surface area contributed by atoms with Gasteiger partial charge in [0.05, 0.1) is 0 Å². The molecule has 0 amide bonds. The predicted octanol–water partition coefficient (Wildman–Crippen LogP) is 1.86. The Hall–Kier alpha value is -0.830. The van der Waals surface area contributed by atoms with Crippen LogP contribution in [-0.2, 0) is 9.53 Å². The summed E-state index contributed by atoms with van der Waals surface area (Å²) in [4.78, 5) is 11.1. The third-order valence-corrected chi connectivity index (χ3v) is 2.03. The van der Waals surface area contributed by atoms with Gasteiger partial charge in [-0.3, -0.25) is 0 Å². The van der Waals surface area contributed by atoms with E-state index >= 15 is 0 Å². The van der Waals surface area contributed by atoms with Crippen molar-refractivity contribution in [2.45, 2.75) is 39.9 Å².